The molecule has 0 aliphatic carbocycles. The molecule has 0 amide bonds. The van der Waals surface area contributed by atoms with Crippen molar-refractivity contribution >= 4 is 5.69 Å². The second kappa shape index (κ2) is 6.44. The van der Waals surface area contributed by atoms with Crippen LogP contribution in [0, 0.1) is 10.1 Å². The Morgan fingerprint density at radius 2 is 2.11 bits per heavy atom. The van der Waals surface area contributed by atoms with Gasteiger partial charge in [0.1, 0.15) is 0 Å². The summed E-state index contributed by atoms with van der Waals surface area (Å²) in [5.74, 6) is 0. The molecule has 0 radical (unpaired) electrons. The summed E-state index contributed by atoms with van der Waals surface area (Å²) in [6.45, 7) is 1.93. The molecular formula is C12H18N2O4. The van der Waals surface area contributed by atoms with E-state index in [1.165, 1.54) is 13.0 Å². The van der Waals surface area contributed by atoms with E-state index in [4.69, 9.17) is 5.11 Å². The van der Waals surface area contributed by atoms with Gasteiger partial charge >= 0.3 is 0 Å². The van der Waals surface area contributed by atoms with Gasteiger partial charge in [0.25, 0.3) is 5.69 Å². The van der Waals surface area contributed by atoms with Gasteiger partial charge in [0.05, 0.1) is 17.1 Å². The Bertz CT molecular complexity index is 407. The molecule has 1 atom stereocenters. The van der Waals surface area contributed by atoms with Crippen molar-refractivity contribution in [2.45, 2.75) is 18.9 Å². The highest BCUT2D eigenvalue weighted by molar-refractivity contribution is 5.39. The maximum atomic E-state index is 10.8. The van der Waals surface area contributed by atoms with Crippen LogP contribution in [0.4, 0.5) is 5.69 Å². The molecule has 0 aromatic heterocycles. The van der Waals surface area contributed by atoms with Gasteiger partial charge in [-0.15, -0.1) is 0 Å². The third kappa shape index (κ3) is 4.40. The van der Waals surface area contributed by atoms with Crippen molar-refractivity contribution in [3.05, 3.63) is 39.9 Å². The third-order valence-corrected chi connectivity index (χ3v) is 2.61. The molecule has 6 nitrogen and oxygen atoms in total. The monoisotopic (exact) mass is 254 g/mol. The Labute approximate surface area is 105 Å². The molecule has 1 unspecified atom stereocenters. The summed E-state index contributed by atoms with van der Waals surface area (Å²) in [5, 5.41) is 32.1. The van der Waals surface area contributed by atoms with Crippen LogP contribution < -0.4 is 5.32 Å². The summed E-state index contributed by atoms with van der Waals surface area (Å²) in [7, 11) is 0. The fourth-order valence-corrected chi connectivity index (χ4v) is 1.54. The second-order valence-corrected chi connectivity index (χ2v) is 4.47. The van der Waals surface area contributed by atoms with Gasteiger partial charge in [-0.2, -0.15) is 0 Å². The Balaban J connectivity index is 2.47. The Morgan fingerprint density at radius 3 is 2.72 bits per heavy atom. The molecule has 0 aliphatic rings. The van der Waals surface area contributed by atoms with E-state index in [0.29, 0.717) is 18.5 Å². The molecule has 18 heavy (non-hydrogen) atoms. The van der Waals surface area contributed by atoms with Crippen molar-refractivity contribution in [3.63, 3.8) is 0 Å². The number of hydrogen-bond acceptors (Lipinski definition) is 5. The highest BCUT2D eigenvalue weighted by Crippen LogP contribution is 2.17. The van der Waals surface area contributed by atoms with Gasteiger partial charge in [0.2, 0.25) is 0 Å². The van der Waals surface area contributed by atoms with E-state index in [9.17, 15) is 15.2 Å². The highest BCUT2D eigenvalue weighted by Gasteiger charge is 2.18. The third-order valence-electron chi connectivity index (χ3n) is 2.61. The molecule has 1 rings (SSSR count). The van der Waals surface area contributed by atoms with Crippen molar-refractivity contribution in [1.29, 1.82) is 0 Å². The van der Waals surface area contributed by atoms with Crippen molar-refractivity contribution in [3.8, 4) is 0 Å². The summed E-state index contributed by atoms with van der Waals surface area (Å²) < 4.78 is 0. The molecular weight excluding hydrogens is 236 g/mol. The van der Waals surface area contributed by atoms with Gasteiger partial charge in [0.15, 0.2) is 0 Å². The number of para-hydroxylation sites is 1. The minimum absolute atomic E-state index is 0.105. The first-order valence-electron chi connectivity index (χ1n) is 5.72. The van der Waals surface area contributed by atoms with Crippen LogP contribution >= 0.6 is 0 Å². The lowest BCUT2D eigenvalue weighted by Gasteiger charge is -2.20. The summed E-state index contributed by atoms with van der Waals surface area (Å²) in [6, 6.07) is 6.57. The number of aliphatic hydroxyl groups excluding tert-OH is 1. The van der Waals surface area contributed by atoms with Crippen LogP contribution in [0.5, 0.6) is 0 Å². The largest absolute Gasteiger partial charge is 0.393 e. The van der Waals surface area contributed by atoms with Gasteiger partial charge in [0, 0.05) is 18.2 Å². The van der Waals surface area contributed by atoms with Crippen molar-refractivity contribution in [2.24, 2.45) is 0 Å². The lowest BCUT2D eigenvalue weighted by molar-refractivity contribution is -0.385. The Hall–Kier alpha value is -1.50. The fraction of sp³-hybridized carbons (Fsp3) is 0.500. The first-order chi connectivity index (χ1) is 8.46. The highest BCUT2D eigenvalue weighted by atomic mass is 16.6. The van der Waals surface area contributed by atoms with E-state index in [1.54, 1.807) is 18.2 Å². The van der Waals surface area contributed by atoms with Gasteiger partial charge in [-0.1, -0.05) is 18.2 Å². The van der Waals surface area contributed by atoms with Crippen molar-refractivity contribution in [1.82, 2.24) is 5.32 Å². The number of nitro benzene ring substituents is 1. The topological polar surface area (TPSA) is 95.6 Å². The summed E-state index contributed by atoms with van der Waals surface area (Å²) in [6.07, 6.45) is 0.499. The number of rotatable bonds is 7. The smallest absolute Gasteiger partial charge is 0.272 e. The zero-order valence-corrected chi connectivity index (χ0v) is 10.3. The minimum Gasteiger partial charge on any atom is -0.393 e. The number of nitro groups is 1. The van der Waals surface area contributed by atoms with Gasteiger partial charge in [-0.05, 0) is 19.9 Å². The van der Waals surface area contributed by atoms with E-state index in [1.807, 2.05) is 0 Å². The zero-order chi connectivity index (χ0) is 13.6. The van der Waals surface area contributed by atoms with E-state index in [-0.39, 0.29) is 18.8 Å². The molecule has 6 heteroatoms. The summed E-state index contributed by atoms with van der Waals surface area (Å²) >= 11 is 0. The lowest BCUT2D eigenvalue weighted by Crippen LogP contribution is -2.41. The van der Waals surface area contributed by atoms with Crippen LogP contribution in [0.25, 0.3) is 0 Å². The van der Waals surface area contributed by atoms with Gasteiger partial charge in [-0.25, -0.2) is 0 Å². The number of aliphatic hydroxyl groups is 2. The molecule has 1 aromatic carbocycles. The average Bonchev–Trinajstić information content (AvgIpc) is 2.35. The van der Waals surface area contributed by atoms with Crippen LogP contribution in [0.2, 0.25) is 0 Å². The molecule has 1 aromatic rings. The summed E-state index contributed by atoms with van der Waals surface area (Å²) in [4.78, 5) is 10.4. The first kappa shape index (κ1) is 14.6. The van der Waals surface area contributed by atoms with Crippen molar-refractivity contribution in [2.75, 3.05) is 19.7 Å². The van der Waals surface area contributed by atoms with Crippen LogP contribution in [0.15, 0.2) is 24.3 Å². The average molecular weight is 254 g/mol. The van der Waals surface area contributed by atoms with E-state index >= 15 is 0 Å². The van der Waals surface area contributed by atoms with E-state index < -0.39 is 10.5 Å². The second-order valence-electron chi connectivity index (χ2n) is 4.47. The molecule has 0 heterocycles. The van der Waals surface area contributed by atoms with Crippen molar-refractivity contribution < 1.29 is 15.1 Å². The standard InChI is InChI=1S/C12H18N2O4/c1-12(16,9-15)8-13-7-6-10-4-2-3-5-11(10)14(17)18/h2-5,13,15-16H,6-9H2,1H3. The SMILES string of the molecule is CC(O)(CO)CNCCc1ccccc1[N+](=O)[O-]. The maximum Gasteiger partial charge on any atom is 0.272 e. The predicted molar refractivity (Wildman–Crippen MR) is 67.4 cm³/mol. The molecule has 0 saturated heterocycles. The van der Waals surface area contributed by atoms with E-state index in [2.05, 4.69) is 5.32 Å². The molecule has 0 aliphatic heterocycles. The maximum absolute atomic E-state index is 10.8. The number of benzene rings is 1. The number of hydrogen-bond donors (Lipinski definition) is 3. The fourth-order valence-electron chi connectivity index (χ4n) is 1.54. The van der Waals surface area contributed by atoms with Gasteiger partial charge in [-0.3, -0.25) is 10.1 Å². The normalized spacial score (nSPS) is 14.2. The first-order valence-corrected chi connectivity index (χ1v) is 5.72. The number of nitrogens with zero attached hydrogens (tertiary/aromatic N) is 1. The van der Waals surface area contributed by atoms with Crippen LogP contribution in [0.1, 0.15) is 12.5 Å². The molecule has 3 N–H and O–H groups in total. The molecule has 100 valence electrons. The Kier molecular flexibility index (Phi) is 5.21. The minimum atomic E-state index is -1.16. The molecule has 0 bridgehead atoms. The Morgan fingerprint density at radius 1 is 1.44 bits per heavy atom. The quantitative estimate of drug-likeness (QED) is 0.373. The van der Waals surface area contributed by atoms with Crippen LogP contribution in [-0.2, 0) is 6.42 Å². The predicted octanol–water partition coefficient (Wildman–Crippen LogP) is 0.470. The summed E-state index contributed by atoms with van der Waals surface area (Å²) in [5.41, 5.74) is -0.408. The molecule has 0 fully saturated rings. The van der Waals surface area contributed by atoms with Crippen LogP contribution in [-0.4, -0.2) is 40.4 Å². The van der Waals surface area contributed by atoms with E-state index in [0.717, 1.165) is 0 Å². The molecule has 0 saturated carbocycles. The number of nitrogens with one attached hydrogen (secondary N) is 1. The zero-order valence-electron chi connectivity index (χ0n) is 10.3. The van der Waals surface area contributed by atoms with Gasteiger partial charge < -0.3 is 15.5 Å². The van der Waals surface area contributed by atoms with Crippen LogP contribution in [0.3, 0.4) is 0 Å². The molecule has 0 spiro atoms. The lowest BCUT2D eigenvalue weighted by atomic mass is 10.1.